The van der Waals surface area contributed by atoms with Gasteiger partial charge in [0.25, 0.3) is 0 Å². The van der Waals surface area contributed by atoms with E-state index in [1.807, 2.05) is 38.1 Å². The third-order valence-electron chi connectivity index (χ3n) is 4.10. The van der Waals surface area contributed by atoms with Crippen LogP contribution in [0.15, 0.2) is 28.7 Å². The lowest BCUT2D eigenvalue weighted by molar-refractivity contribution is -0.139. The first-order chi connectivity index (χ1) is 11.4. The van der Waals surface area contributed by atoms with Crippen LogP contribution in [0.1, 0.15) is 25.5 Å². The van der Waals surface area contributed by atoms with Crippen LogP contribution >= 0.6 is 28.3 Å². The molecule has 2 rings (SSSR count). The zero-order valence-electron chi connectivity index (χ0n) is 14.4. The highest BCUT2D eigenvalue weighted by molar-refractivity contribution is 9.10. The van der Waals surface area contributed by atoms with E-state index in [9.17, 15) is 9.59 Å². The first-order valence-electron chi connectivity index (χ1n) is 8.06. The number of nitrogens with two attached hydrogens (primary N) is 1. The first kappa shape index (κ1) is 21.9. The van der Waals surface area contributed by atoms with E-state index >= 15 is 0 Å². The lowest BCUT2D eigenvalue weighted by Gasteiger charge is -2.33. The van der Waals surface area contributed by atoms with Gasteiger partial charge in [-0.1, -0.05) is 41.9 Å². The average Bonchev–Trinajstić information content (AvgIpc) is 2.59. The number of carbonyl (C=O) groups is 2. The van der Waals surface area contributed by atoms with Gasteiger partial charge in [0.2, 0.25) is 11.8 Å². The normalized spacial score (nSPS) is 18.4. The van der Waals surface area contributed by atoms with Crippen LogP contribution in [-0.2, 0) is 14.3 Å². The number of nitrogens with zero attached hydrogens (tertiary/aromatic N) is 1. The monoisotopic (exact) mass is 433 g/mol. The molecule has 0 spiro atoms. The maximum atomic E-state index is 12.3. The Bertz CT molecular complexity index is 583. The Hall–Kier alpha value is -1.15. The highest BCUT2D eigenvalue weighted by Crippen LogP contribution is 2.23. The molecule has 140 valence electrons. The Balaban J connectivity index is 0.00000312. The van der Waals surface area contributed by atoms with Gasteiger partial charge in [0.15, 0.2) is 0 Å². The van der Waals surface area contributed by atoms with Gasteiger partial charge < -0.3 is 20.7 Å². The number of hydrogen-bond acceptors (Lipinski definition) is 4. The number of morpholine rings is 1. The van der Waals surface area contributed by atoms with Crippen molar-refractivity contribution in [3.63, 3.8) is 0 Å². The molecule has 1 fully saturated rings. The fourth-order valence-electron chi connectivity index (χ4n) is 2.45. The minimum absolute atomic E-state index is 0. The molecule has 0 aromatic heterocycles. The topological polar surface area (TPSA) is 84.7 Å². The van der Waals surface area contributed by atoms with E-state index in [2.05, 4.69) is 21.2 Å². The second kappa shape index (κ2) is 10.1. The van der Waals surface area contributed by atoms with Crippen molar-refractivity contribution in [3.8, 4) is 0 Å². The third-order valence-corrected chi connectivity index (χ3v) is 4.62. The van der Waals surface area contributed by atoms with Crippen molar-refractivity contribution in [2.75, 3.05) is 26.2 Å². The highest BCUT2D eigenvalue weighted by atomic mass is 79.9. The molecule has 0 aliphatic carbocycles. The van der Waals surface area contributed by atoms with E-state index in [1.165, 1.54) is 0 Å². The number of nitrogens with one attached hydrogen (secondary N) is 1. The maximum absolute atomic E-state index is 12.3. The molecule has 8 heteroatoms. The Morgan fingerprint density at radius 2 is 2.00 bits per heavy atom. The van der Waals surface area contributed by atoms with Gasteiger partial charge in [-0.2, -0.15) is 0 Å². The molecule has 2 atom stereocenters. The molecule has 25 heavy (non-hydrogen) atoms. The molecule has 0 saturated carbocycles. The summed E-state index contributed by atoms with van der Waals surface area (Å²) in [5.41, 5.74) is 6.80. The van der Waals surface area contributed by atoms with Gasteiger partial charge in [-0.3, -0.25) is 9.59 Å². The van der Waals surface area contributed by atoms with Crippen molar-refractivity contribution >= 4 is 40.2 Å². The average molecular weight is 435 g/mol. The Labute approximate surface area is 163 Å². The second-order valence-electron chi connectivity index (χ2n) is 6.24. The quantitative estimate of drug-likeness (QED) is 0.741. The van der Waals surface area contributed by atoms with E-state index < -0.39 is 6.04 Å². The van der Waals surface area contributed by atoms with Crippen LogP contribution in [0.4, 0.5) is 0 Å². The van der Waals surface area contributed by atoms with Gasteiger partial charge in [0.05, 0.1) is 25.7 Å². The van der Waals surface area contributed by atoms with E-state index in [0.717, 1.165) is 10.0 Å². The van der Waals surface area contributed by atoms with Crippen molar-refractivity contribution < 1.29 is 14.3 Å². The smallest absolute Gasteiger partial charge is 0.242 e. The van der Waals surface area contributed by atoms with Crippen LogP contribution in [-0.4, -0.2) is 49.0 Å². The van der Waals surface area contributed by atoms with Gasteiger partial charge in [-0.25, -0.2) is 0 Å². The summed E-state index contributed by atoms with van der Waals surface area (Å²) in [5.74, 6) is -0.383. The summed E-state index contributed by atoms with van der Waals surface area (Å²) in [6.07, 6.45) is -0.149. The summed E-state index contributed by atoms with van der Waals surface area (Å²) in [4.78, 5) is 25.9. The SMILES string of the molecule is CC(C)[C@H](N)C(=O)NCC(=O)N1CCOC(c2ccc(Br)cc2)C1.Cl. The number of hydrogen-bond donors (Lipinski definition) is 2. The summed E-state index contributed by atoms with van der Waals surface area (Å²) in [6.45, 7) is 5.19. The van der Waals surface area contributed by atoms with Crippen LogP contribution in [0.5, 0.6) is 0 Å². The van der Waals surface area contributed by atoms with E-state index in [-0.39, 0.29) is 42.8 Å². The van der Waals surface area contributed by atoms with Crippen molar-refractivity contribution in [2.24, 2.45) is 11.7 Å². The molecule has 1 aromatic rings. The number of ether oxygens (including phenoxy) is 1. The lowest BCUT2D eigenvalue weighted by Crippen LogP contribution is -2.50. The minimum Gasteiger partial charge on any atom is -0.370 e. The number of halogens is 2. The highest BCUT2D eigenvalue weighted by Gasteiger charge is 2.26. The fraction of sp³-hybridized carbons (Fsp3) is 0.529. The first-order valence-corrected chi connectivity index (χ1v) is 8.86. The third kappa shape index (κ3) is 6.26. The van der Waals surface area contributed by atoms with Gasteiger partial charge in [0.1, 0.15) is 6.10 Å². The van der Waals surface area contributed by atoms with E-state index in [1.54, 1.807) is 4.90 Å². The predicted octanol–water partition coefficient (Wildman–Crippen LogP) is 1.87. The summed E-state index contributed by atoms with van der Waals surface area (Å²) in [5, 5.41) is 2.62. The Morgan fingerprint density at radius 3 is 2.60 bits per heavy atom. The number of benzene rings is 1. The van der Waals surface area contributed by atoms with Gasteiger partial charge in [-0.05, 0) is 23.6 Å². The van der Waals surface area contributed by atoms with Crippen molar-refractivity contribution in [1.82, 2.24) is 10.2 Å². The van der Waals surface area contributed by atoms with Gasteiger partial charge in [0, 0.05) is 11.0 Å². The molecular weight excluding hydrogens is 410 g/mol. The molecule has 1 saturated heterocycles. The maximum Gasteiger partial charge on any atom is 0.242 e. The van der Waals surface area contributed by atoms with Crippen molar-refractivity contribution in [3.05, 3.63) is 34.3 Å². The predicted molar refractivity (Wildman–Crippen MR) is 102 cm³/mol. The summed E-state index contributed by atoms with van der Waals surface area (Å²) < 4.78 is 6.76. The van der Waals surface area contributed by atoms with Crippen LogP contribution in [0, 0.1) is 5.92 Å². The summed E-state index contributed by atoms with van der Waals surface area (Å²) >= 11 is 3.40. The molecule has 0 bridgehead atoms. The standard InChI is InChI=1S/C17H24BrN3O3.ClH/c1-11(2)16(19)17(23)20-9-15(22)21-7-8-24-14(10-21)12-3-5-13(18)6-4-12;/h3-6,11,14,16H,7-10,19H2,1-2H3,(H,20,23);1H/t14?,16-;/m0./s1. The Kier molecular flexibility index (Phi) is 8.85. The zero-order chi connectivity index (χ0) is 17.7. The van der Waals surface area contributed by atoms with Gasteiger partial charge in [-0.15, -0.1) is 12.4 Å². The molecule has 3 N–H and O–H groups in total. The molecule has 0 radical (unpaired) electrons. The molecule has 1 aromatic carbocycles. The largest absolute Gasteiger partial charge is 0.370 e. The summed E-state index contributed by atoms with van der Waals surface area (Å²) in [6, 6.07) is 7.26. The second-order valence-corrected chi connectivity index (χ2v) is 7.15. The lowest BCUT2D eigenvalue weighted by atomic mass is 10.1. The Morgan fingerprint density at radius 1 is 1.36 bits per heavy atom. The van der Waals surface area contributed by atoms with E-state index in [0.29, 0.717) is 19.7 Å². The fourth-order valence-corrected chi connectivity index (χ4v) is 2.71. The van der Waals surface area contributed by atoms with Crippen LogP contribution in [0.25, 0.3) is 0 Å². The van der Waals surface area contributed by atoms with Crippen LogP contribution < -0.4 is 11.1 Å². The molecule has 1 heterocycles. The molecule has 1 aliphatic rings. The van der Waals surface area contributed by atoms with Gasteiger partial charge >= 0.3 is 0 Å². The molecule has 1 aliphatic heterocycles. The van der Waals surface area contributed by atoms with Crippen molar-refractivity contribution in [2.45, 2.75) is 26.0 Å². The number of carbonyl (C=O) groups excluding carboxylic acids is 2. The summed E-state index contributed by atoms with van der Waals surface area (Å²) in [7, 11) is 0. The minimum atomic E-state index is -0.599. The van der Waals surface area contributed by atoms with Crippen molar-refractivity contribution in [1.29, 1.82) is 0 Å². The number of rotatable bonds is 5. The van der Waals surface area contributed by atoms with Crippen LogP contribution in [0.3, 0.4) is 0 Å². The zero-order valence-corrected chi connectivity index (χ0v) is 16.8. The molecule has 2 amide bonds. The molecule has 1 unspecified atom stereocenters. The number of amides is 2. The van der Waals surface area contributed by atoms with Crippen LogP contribution in [0.2, 0.25) is 0 Å². The molecule has 6 nitrogen and oxygen atoms in total. The van der Waals surface area contributed by atoms with E-state index in [4.69, 9.17) is 10.5 Å². The molecular formula is C17H25BrClN3O3.